The molecular weight excluding hydrogens is 257 g/mol. The highest BCUT2D eigenvalue weighted by Crippen LogP contribution is 2.35. The largest absolute Gasteiger partial charge is 0.396 e. The summed E-state index contributed by atoms with van der Waals surface area (Å²) in [6.07, 6.45) is -2.32. The first kappa shape index (κ1) is 13.9. The van der Waals surface area contributed by atoms with E-state index in [1.807, 2.05) is 0 Å². The molecule has 19 heavy (non-hydrogen) atoms. The first-order valence-corrected chi connectivity index (χ1v) is 5.86. The number of rotatable bonds is 3. The summed E-state index contributed by atoms with van der Waals surface area (Å²) >= 11 is 0. The maximum atomic E-state index is 14.2. The lowest BCUT2D eigenvalue weighted by Crippen LogP contribution is -2.33. The van der Waals surface area contributed by atoms with Crippen molar-refractivity contribution >= 4 is 5.82 Å². The molecule has 1 aromatic rings. The second kappa shape index (κ2) is 5.24. The van der Waals surface area contributed by atoms with Gasteiger partial charge in [-0.2, -0.15) is 4.98 Å². The Bertz CT molecular complexity index is 521. The van der Waals surface area contributed by atoms with Crippen LogP contribution in [0, 0.1) is 12.8 Å². The Morgan fingerprint density at radius 2 is 2.21 bits per heavy atom. The van der Waals surface area contributed by atoms with Crippen molar-refractivity contribution in [1.82, 2.24) is 9.55 Å². The maximum absolute atomic E-state index is 14.2. The van der Waals surface area contributed by atoms with Crippen molar-refractivity contribution in [2.75, 3.05) is 18.9 Å². The quantitative estimate of drug-likeness (QED) is 0.649. The monoisotopic (exact) mass is 273 g/mol. The predicted molar refractivity (Wildman–Crippen MR) is 64.1 cm³/mol. The maximum Gasteiger partial charge on any atom is 0.351 e. The van der Waals surface area contributed by atoms with Gasteiger partial charge in [-0.1, -0.05) is 0 Å². The number of halogens is 1. The lowest BCUT2D eigenvalue weighted by atomic mass is 10.0. The third-order valence-corrected chi connectivity index (χ3v) is 3.31. The highest BCUT2D eigenvalue weighted by atomic mass is 19.1. The molecule has 0 aliphatic carbocycles. The van der Waals surface area contributed by atoms with Crippen molar-refractivity contribution < 1.29 is 19.3 Å². The Morgan fingerprint density at radius 1 is 1.53 bits per heavy atom. The molecular formula is C11H16FN3O4. The smallest absolute Gasteiger partial charge is 0.351 e. The van der Waals surface area contributed by atoms with Crippen LogP contribution in [0.3, 0.4) is 0 Å². The molecule has 1 saturated heterocycles. The Morgan fingerprint density at radius 3 is 2.74 bits per heavy atom. The number of alkyl halides is 1. The zero-order valence-corrected chi connectivity index (χ0v) is 10.4. The van der Waals surface area contributed by atoms with Crippen LogP contribution in [0.5, 0.6) is 0 Å². The number of anilines is 1. The Hall–Kier alpha value is -1.51. The molecule has 0 saturated carbocycles. The van der Waals surface area contributed by atoms with Crippen LogP contribution in [-0.2, 0) is 4.74 Å². The molecule has 2 heterocycles. The van der Waals surface area contributed by atoms with Gasteiger partial charge in [0, 0.05) is 17.7 Å². The molecule has 106 valence electrons. The molecule has 1 fully saturated rings. The fourth-order valence-corrected chi connectivity index (χ4v) is 2.15. The van der Waals surface area contributed by atoms with Crippen LogP contribution in [0.25, 0.3) is 0 Å². The molecule has 0 radical (unpaired) electrons. The van der Waals surface area contributed by atoms with Gasteiger partial charge in [-0.25, -0.2) is 9.18 Å². The van der Waals surface area contributed by atoms with E-state index in [4.69, 9.17) is 20.7 Å². The van der Waals surface area contributed by atoms with E-state index in [0.29, 0.717) is 5.56 Å². The third kappa shape index (κ3) is 2.34. The minimum atomic E-state index is -1.61. The summed E-state index contributed by atoms with van der Waals surface area (Å²) in [5.74, 6) is -0.799. The fraction of sp³-hybridized carbons (Fsp3) is 0.636. The van der Waals surface area contributed by atoms with Gasteiger partial charge in [0.15, 0.2) is 12.4 Å². The molecule has 4 atom stereocenters. The van der Waals surface area contributed by atoms with E-state index in [0.717, 1.165) is 4.57 Å². The van der Waals surface area contributed by atoms with E-state index in [1.54, 1.807) is 6.92 Å². The highest BCUT2D eigenvalue weighted by Gasteiger charge is 2.45. The number of aliphatic hydroxyl groups is 2. The Kier molecular flexibility index (Phi) is 3.83. The molecule has 4 N–H and O–H groups in total. The van der Waals surface area contributed by atoms with Crippen LogP contribution in [0.1, 0.15) is 11.8 Å². The summed E-state index contributed by atoms with van der Waals surface area (Å²) in [4.78, 5) is 15.3. The van der Waals surface area contributed by atoms with Crippen LogP contribution in [-0.4, -0.2) is 45.3 Å². The van der Waals surface area contributed by atoms with Gasteiger partial charge in [-0.05, 0) is 6.92 Å². The van der Waals surface area contributed by atoms with Crippen LogP contribution < -0.4 is 11.4 Å². The van der Waals surface area contributed by atoms with Crippen LogP contribution in [0.2, 0.25) is 0 Å². The number of hydrogen-bond acceptors (Lipinski definition) is 6. The molecule has 0 unspecified atom stereocenters. The minimum absolute atomic E-state index is 0.0760. The lowest BCUT2D eigenvalue weighted by Gasteiger charge is -2.17. The number of ether oxygens (including phenoxy) is 1. The van der Waals surface area contributed by atoms with Crippen LogP contribution >= 0.6 is 0 Å². The Labute approximate surface area is 108 Å². The number of nitrogens with two attached hydrogens (primary N) is 1. The van der Waals surface area contributed by atoms with Crippen molar-refractivity contribution in [3.8, 4) is 0 Å². The van der Waals surface area contributed by atoms with Gasteiger partial charge < -0.3 is 20.7 Å². The van der Waals surface area contributed by atoms with Crippen molar-refractivity contribution in [2.24, 2.45) is 5.92 Å². The topological polar surface area (TPSA) is 111 Å². The average molecular weight is 273 g/mol. The van der Waals surface area contributed by atoms with Gasteiger partial charge in [0.25, 0.3) is 0 Å². The van der Waals surface area contributed by atoms with Gasteiger partial charge in [0.05, 0.1) is 19.3 Å². The van der Waals surface area contributed by atoms with Gasteiger partial charge in [0.1, 0.15) is 5.82 Å². The third-order valence-electron chi connectivity index (χ3n) is 3.31. The number of aliphatic hydroxyl groups excluding tert-OH is 2. The molecule has 1 aromatic heterocycles. The van der Waals surface area contributed by atoms with Gasteiger partial charge in [-0.15, -0.1) is 0 Å². The summed E-state index contributed by atoms with van der Waals surface area (Å²) in [6.45, 7) is 0.727. The zero-order valence-electron chi connectivity index (χ0n) is 10.4. The molecule has 0 amide bonds. The second-order valence-electron chi connectivity index (χ2n) is 4.54. The van der Waals surface area contributed by atoms with Crippen molar-refractivity contribution in [2.45, 2.75) is 25.4 Å². The molecule has 0 spiro atoms. The van der Waals surface area contributed by atoms with E-state index in [-0.39, 0.29) is 5.82 Å². The highest BCUT2D eigenvalue weighted by molar-refractivity contribution is 5.35. The number of nitrogens with zero attached hydrogens (tertiary/aromatic N) is 2. The molecule has 1 aliphatic rings. The van der Waals surface area contributed by atoms with E-state index < -0.39 is 43.3 Å². The van der Waals surface area contributed by atoms with Gasteiger partial charge in [-0.3, -0.25) is 4.57 Å². The average Bonchev–Trinajstić information content (AvgIpc) is 2.70. The number of nitrogen functional groups attached to an aromatic ring is 1. The number of aromatic nitrogens is 2. The Balaban J connectivity index is 2.38. The predicted octanol–water partition coefficient (Wildman–Crippen LogP) is -1.03. The van der Waals surface area contributed by atoms with Crippen molar-refractivity contribution in [3.63, 3.8) is 0 Å². The van der Waals surface area contributed by atoms with Gasteiger partial charge in [0.2, 0.25) is 0 Å². The van der Waals surface area contributed by atoms with Gasteiger partial charge >= 0.3 is 5.69 Å². The van der Waals surface area contributed by atoms with E-state index >= 15 is 0 Å². The minimum Gasteiger partial charge on any atom is -0.396 e. The lowest BCUT2D eigenvalue weighted by molar-refractivity contribution is -0.0441. The molecule has 2 rings (SSSR count). The summed E-state index contributed by atoms with van der Waals surface area (Å²) in [6, 6.07) is 0. The molecule has 1 aliphatic heterocycles. The molecule has 0 aromatic carbocycles. The first-order valence-electron chi connectivity index (χ1n) is 5.86. The normalized spacial score (nSPS) is 30.7. The van der Waals surface area contributed by atoms with Crippen LogP contribution in [0.4, 0.5) is 10.2 Å². The molecule has 7 nitrogen and oxygen atoms in total. The van der Waals surface area contributed by atoms with Crippen molar-refractivity contribution in [1.29, 1.82) is 0 Å². The van der Waals surface area contributed by atoms with E-state index in [9.17, 15) is 9.18 Å². The zero-order chi connectivity index (χ0) is 14.2. The molecule has 0 bridgehead atoms. The van der Waals surface area contributed by atoms with E-state index in [1.165, 1.54) is 6.20 Å². The summed E-state index contributed by atoms with van der Waals surface area (Å²) in [7, 11) is 0. The van der Waals surface area contributed by atoms with Crippen LogP contribution in [0.15, 0.2) is 11.0 Å². The standard InChI is InChI=1S/C11H16FN3O4/c1-5-2-15(11(18)14-9(5)13)10-8(12)6(3-16)7(4-17)19-10/h2,6-8,10,16-17H,3-4H2,1H3,(H2,13,14,18)/t6-,7+,8-,10+/m0/s1. The van der Waals surface area contributed by atoms with Crippen molar-refractivity contribution in [3.05, 3.63) is 22.2 Å². The number of hydrogen-bond donors (Lipinski definition) is 3. The summed E-state index contributed by atoms with van der Waals surface area (Å²) in [5.41, 5.74) is 5.28. The number of aryl methyl sites for hydroxylation is 1. The summed E-state index contributed by atoms with van der Waals surface area (Å²) < 4.78 is 20.5. The second-order valence-corrected chi connectivity index (χ2v) is 4.54. The first-order chi connectivity index (χ1) is 8.99. The molecule has 8 heteroatoms. The van der Waals surface area contributed by atoms with E-state index in [2.05, 4.69) is 4.98 Å². The summed E-state index contributed by atoms with van der Waals surface area (Å²) in [5, 5.41) is 18.2. The SMILES string of the molecule is Cc1cn([C@@H]2O[C@H](CO)[C@H](CO)[C@@H]2F)c(=O)nc1N. The fourth-order valence-electron chi connectivity index (χ4n) is 2.15.